The van der Waals surface area contributed by atoms with Gasteiger partial charge in [0.05, 0.1) is 25.6 Å². The van der Waals surface area contributed by atoms with Crippen molar-refractivity contribution >= 4 is 17.3 Å². The maximum atomic E-state index is 12.3. The molecule has 1 amide bonds. The van der Waals surface area contributed by atoms with Crippen molar-refractivity contribution < 1.29 is 19.1 Å². The molecular formula is C20H21N3O4. The molecule has 0 aliphatic carbocycles. The number of carbonyl (C=O) groups excluding carboxylic acids is 1. The summed E-state index contributed by atoms with van der Waals surface area (Å²) in [6.07, 6.45) is -0.289. The number of nitrogens with one attached hydrogen (secondary N) is 1. The molecule has 0 spiro atoms. The summed E-state index contributed by atoms with van der Waals surface area (Å²) >= 11 is 0. The number of methoxy groups -OCH3 is 2. The van der Waals surface area contributed by atoms with Crippen LogP contribution in [0, 0.1) is 0 Å². The Morgan fingerprint density at radius 2 is 1.89 bits per heavy atom. The van der Waals surface area contributed by atoms with Crippen LogP contribution in [0.1, 0.15) is 24.5 Å². The Bertz CT molecular complexity index is 878. The van der Waals surface area contributed by atoms with Gasteiger partial charge in [0.1, 0.15) is 0 Å². The SMILES string of the molecule is COc1ccc(/C(C)=N/NC(=O)C2CC(c3ccccc3)=NO2)cc1OC. The molecule has 2 aromatic rings. The molecule has 1 N–H and O–H groups in total. The Balaban J connectivity index is 1.62. The number of oxime groups is 1. The number of rotatable bonds is 6. The van der Waals surface area contributed by atoms with Crippen molar-refractivity contribution in [1.82, 2.24) is 5.43 Å². The first kappa shape index (κ1) is 18.4. The summed E-state index contributed by atoms with van der Waals surface area (Å²) in [5.74, 6) is 0.878. The number of carbonyl (C=O) groups is 1. The van der Waals surface area contributed by atoms with Crippen molar-refractivity contribution in [2.45, 2.75) is 19.4 Å². The third-order valence-electron chi connectivity index (χ3n) is 4.20. The molecule has 2 aromatic carbocycles. The third kappa shape index (κ3) is 4.25. The molecule has 7 heteroatoms. The highest BCUT2D eigenvalue weighted by Crippen LogP contribution is 2.27. The third-order valence-corrected chi connectivity index (χ3v) is 4.20. The molecule has 1 unspecified atom stereocenters. The van der Waals surface area contributed by atoms with Crippen LogP contribution in [-0.2, 0) is 9.63 Å². The van der Waals surface area contributed by atoms with Crippen LogP contribution in [-0.4, -0.2) is 37.7 Å². The average molecular weight is 367 g/mol. The minimum absolute atomic E-state index is 0.343. The van der Waals surface area contributed by atoms with E-state index < -0.39 is 6.10 Å². The number of ether oxygens (including phenoxy) is 2. The van der Waals surface area contributed by atoms with Crippen molar-refractivity contribution in [3.63, 3.8) is 0 Å². The molecule has 0 aromatic heterocycles. The summed E-state index contributed by atoms with van der Waals surface area (Å²) in [6, 6.07) is 15.1. The number of amides is 1. The molecule has 1 atom stereocenters. The van der Waals surface area contributed by atoms with Gasteiger partial charge in [-0.15, -0.1) is 0 Å². The first-order valence-corrected chi connectivity index (χ1v) is 8.47. The van der Waals surface area contributed by atoms with E-state index in [-0.39, 0.29) is 5.91 Å². The van der Waals surface area contributed by atoms with Gasteiger partial charge in [-0.1, -0.05) is 35.5 Å². The van der Waals surface area contributed by atoms with Crippen LogP contribution in [0.25, 0.3) is 0 Å². The fourth-order valence-electron chi connectivity index (χ4n) is 2.66. The van der Waals surface area contributed by atoms with E-state index in [1.165, 1.54) is 0 Å². The van der Waals surface area contributed by atoms with Crippen molar-refractivity contribution in [2.75, 3.05) is 14.2 Å². The molecule has 1 aliphatic rings. The van der Waals surface area contributed by atoms with E-state index in [9.17, 15) is 4.79 Å². The molecule has 0 saturated heterocycles. The molecule has 140 valence electrons. The van der Waals surface area contributed by atoms with Gasteiger partial charge in [0, 0.05) is 12.0 Å². The normalized spacial score (nSPS) is 16.3. The fraction of sp³-hybridized carbons (Fsp3) is 0.250. The zero-order chi connectivity index (χ0) is 19.2. The molecule has 0 fully saturated rings. The first-order valence-electron chi connectivity index (χ1n) is 8.47. The molecular weight excluding hydrogens is 346 g/mol. The highest BCUT2D eigenvalue weighted by Gasteiger charge is 2.28. The van der Waals surface area contributed by atoms with Gasteiger partial charge in [0.15, 0.2) is 11.5 Å². The second-order valence-electron chi connectivity index (χ2n) is 5.95. The molecule has 27 heavy (non-hydrogen) atoms. The monoisotopic (exact) mass is 367 g/mol. The molecule has 0 bridgehead atoms. The lowest BCUT2D eigenvalue weighted by Gasteiger charge is -2.10. The number of nitrogens with zero attached hydrogens (tertiary/aromatic N) is 2. The van der Waals surface area contributed by atoms with Crippen molar-refractivity contribution in [2.24, 2.45) is 10.3 Å². The maximum absolute atomic E-state index is 12.3. The van der Waals surface area contributed by atoms with Crippen LogP contribution in [0.3, 0.4) is 0 Å². The predicted octanol–water partition coefficient (Wildman–Crippen LogP) is 2.74. The Morgan fingerprint density at radius 3 is 2.59 bits per heavy atom. The number of hydrazone groups is 1. The summed E-state index contributed by atoms with van der Waals surface area (Å²) in [7, 11) is 3.14. The summed E-state index contributed by atoms with van der Waals surface area (Å²) in [4.78, 5) is 17.6. The predicted molar refractivity (Wildman–Crippen MR) is 102 cm³/mol. The van der Waals surface area contributed by atoms with Gasteiger partial charge in [-0.2, -0.15) is 5.10 Å². The van der Waals surface area contributed by atoms with Gasteiger partial charge >= 0.3 is 0 Å². The summed E-state index contributed by atoms with van der Waals surface area (Å²) in [5.41, 5.74) is 5.67. The Kier molecular flexibility index (Phi) is 5.71. The van der Waals surface area contributed by atoms with E-state index >= 15 is 0 Å². The van der Waals surface area contributed by atoms with Gasteiger partial charge < -0.3 is 14.3 Å². The van der Waals surface area contributed by atoms with Crippen molar-refractivity contribution in [3.8, 4) is 11.5 Å². The van der Waals surface area contributed by atoms with E-state index in [2.05, 4.69) is 15.7 Å². The quantitative estimate of drug-likeness (QED) is 0.629. The van der Waals surface area contributed by atoms with Gasteiger partial charge in [0.2, 0.25) is 6.10 Å². The highest BCUT2D eigenvalue weighted by molar-refractivity contribution is 6.04. The van der Waals surface area contributed by atoms with Crippen LogP contribution in [0.15, 0.2) is 58.8 Å². The molecule has 1 heterocycles. The number of hydrogen-bond donors (Lipinski definition) is 1. The largest absolute Gasteiger partial charge is 0.493 e. The second kappa shape index (κ2) is 8.35. The van der Waals surface area contributed by atoms with E-state index in [4.69, 9.17) is 14.3 Å². The van der Waals surface area contributed by atoms with E-state index in [1.54, 1.807) is 33.3 Å². The zero-order valence-corrected chi connectivity index (χ0v) is 15.4. The number of benzene rings is 2. The van der Waals surface area contributed by atoms with Crippen LogP contribution in [0.5, 0.6) is 11.5 Å². The van der Waals surface area contributed by atoms with Gasteiger partial charge in [-0.25, -0.2) is 5.43 Å². The molecule has 1 aliphatic heterocycles. The van der Waals surface area contributed by atoms with E-state index in [0.29, 0.717) is 23.6 Å². The van der Waals surface area contributed by atoms with Crippen molar-refractivity contribution in [3.05, 3.63) is 59.7 Å². The van der Waals surface area contributed by atoms with Gasteiger partial charge in [0.25, 0.3) is 5.91 Å². The van der Waals surface area contributed by atoms with Crippen LogP contribution in [0.2, 0.25) is 0 Å². The minimum Gasteiger partial charge on any atom is -0.493 e. The minimum atomic E-state index is -0.692. The van der Waals surface area contributed by atoms with Crippen LogP contribution < -0.4 is 14.9 Å². The van der Waals surface area contributed by atoms with E-state index in [0.717, 1.165) is 16.8 Å². The summed E-state index contributed by atoms with van der Waals surface area (Å²) < 4.78 is 10.5. The molecule has 3 rings (SSSR count). The van der Waals surface area contributed by atoms with Crippen LogP contribution >= 0.6 is 0 Å². The fourth-order valence-corrected chi connectivity index (χ4v) is 2.66. The topological polar surface area (TPSA) is 81.5 Å². The summed E-state index contributed by atoms with van der Waals surface area (Å²) in [5, 5.41) is 8.17. The zero-order valence-electron chi connectivity index (χ0n) is 15.4. The van der Waals surface area contributed by atoms with Crippen LogP contribution in [0.4, 0.5) is 0 Å². The van der Waals surface area contributed by atoms with E-state index in [1.807, 2.05) is 36.4 Å². The lowest BCUT2D eigenvalue weighted by Crippen LogP contribution is -2.32. The molecule has 0 saturated carbocycles. The maximum Gasteiger partial charge on any atom is 0.284 e. The number of hydrogen-bond acceptors (Lipinski definition) is 6. The Labute approximate surface area is 157 Å². The molecule has 0 radical (unpaired) electrons. The first-order chi connectivity index (χ1) is 13.1. The summed E-state index contributed by atoms with van der Waals surface area (Å²) in [6.45, 7) is 1.79. The lowest BCUT2D eigenvalue weighted by atomic mass is 10.1. The standard InChI is InChI=1S/C20H21N3O4/c1-13(15-9-10-17(25-2)18(11-15)26-3)21-22-20(24)19-12-16(23-27-19)14-7-5-4-6-8-14/h4-11,19H,12H2,1-3H3,(H,22,24)/b21-13+. The van der Waals surface area contributed by atoms with Gasteiger partial charge in [-0.05, 0) is 30.7 Å². The Hall–Kier alpha value is -3.35. The molecule has 7 nitrogen and oxygen atoms in total. The average Bonchev–Trinajstić information content (AvgIpc) is 3.22. The van der Waals surface area contributed by atoms with Crippen molar-refractivity contribution in [1.29, 1.82) is 0 Å². The smallest absolute Gasteiger partial charge is 0.284 e. The van der Waals surface area contributed by atoms with Gasteiger partial charge in [-0.3, -0.25) is 4.79 Å². The highest BCUT2D eigenvalue weighted by atomic mass is 16.6. The lowest BCUT2D eigenvalue weighted by molar-refractivity contribution is -0.131. The Morgan fingerprint density at radius 1 is 1.15 bits per heavy atom. The second-order valence-corrected chi connectivity index (χ2v) is 5.95.